The van der Waals surface area contributed by atoms with Gasteiger partial charge >= 0.3 is 5.97 Å². The second kappa shape index (κ2) is 10.2. The lowest BCUT2D eigenvalue weighted by molar-refractivity contribution is -0.139. The molecule has 5 heteroatoms. The molecule has 0 heterocycles. The first-order valence-corrected chi connectivity index (χ1v) is 15.9. The fourth-order valence-corrected chi connectivity index (χ4v) is 7.08. The highest BCUT2D eigenvalue weighted by molar-refractivity contribution is 6.81. The van der Waals surface area contributed by atoms with Crippen molar-refractivity contribution < 1.29 is 14.0 Å². The SMILES string of the molecule is CCOC(=O)/C(=C\[Si](C)(C)C)C(O[Si](CC)(CC)CC)c1ccccc1. The summed E-state index contributed by atoms with van der Waals surface area (Å²) in [5.74, 6) is -0.241. The van der Waals surface area contributed by atoms with Crippen LogP contribution in [0.5, 0.6) is 0 Å². The number of carbonyl (C=O) groups is 1. The molecular weight excluding hydrogens is 356 g/mol. The summed E-state index contributed by atoms with van der Waals surface area (Å²) in [6.07, 6.45) is -0.339. The second-order valence-electron chi connectivity index (χ2n) is 7.84. The van der Waals surface area contributed by atoms with Gasteiger partial charge in [0.25, 0.3) is 0 Å². The summed E-state index contributed by atoms with van der Waals surface area (Å²) in [5, 5.41) is 0. The first kappa shape index (κ1) is 22.9. The zero-order chi connectivity index (χ0) is 19.8. The highest BCUT2D eigenvalue weighted by Gasteiger charge is 2.36. The molecule has 0 bridgehead atoms. The van der Waals surface area contributed by atoms with E-state index in [9.17, 15) is 4.79 Å². The van der Waals surface area contributed by atoms with Gasteiger partial charge in [0.2, 0.25) is 0 Å². The molecule has 0 fully saturated rings. The maximum Gasteiger partial charge on any atom is 0.336 e. The molecule has 0 aliphatic rings. The van der Waals surface area contributed by atoms with Crippen LogP contribution < -0.4 is 0 Å². The van der Waals surface area contributed by atoms with Crippen molar-refractivity contribution in [2.45, 2.75) is 71.6 Å². The van der Waals surface area contributed by atoms with Gasteiger partial charge in [-0.3, -0.25) is 0 Å². The van der Waals surface area contributed by atoms with E-state index in [1.807, 2.05) is 25.1 Å². The van der Waals surface area contributed by atoms with Crippen molar-refractivity contribution in [3.63, 3.8) is 0 Å². The number of carbonyl (C=O) groups excluding carboxylic acids is 1. The standard InChI is InChI=1S/C21H36O3Si2/c1-8-23-21(22)19(17-25(5,6)7)20(18-15-13-12-14-16-18)24-26(9-2,10-3)11-4/h12-17,20H,8-11H2,1-7H3/b19-17-. The van der Waals surface area contributed by atoms with E-state index in [0.29, 0.717) is 12.2 Å². The van der Waals surface area contributed by atoms with Crippen molar-refractivity contribution in [2.75, 3.05) is 6.61 Å². The van der Waals surface area contributed by atoms with Crippen LogP contribution in [-0.4, -0.2) is 29.0 Å². The average Bonchev–Trinajstić information content (AvgIpc) is 2.62. The summed E-state index contributed by atoms with van der Waals surface area (Å²) in [7, 11) is -3.54. The van der Waals surface area contributed by atoms with Crippen LogP contribution >= 0.6 is 0 Å². The molecular formula is C21H36O3Si2. The Kier molecular flexibility index (Phi) is 9.00. The van der Waals surface area contributed by atoms with E-state index in [1.165, 1.54) is 0 Å². The van der Waals surface area contributed by atoms with Crippen molar-refractivity contribution >= 4 is 22.4 Å². The topological polar surface area (TPSA) is 35.5 Å². The van der Waals surface area contributed by atoms with E-state index in [-0.39, 0.29) is 12.1 Å². The molecule has 26 heavy (non-hydrogen) atoms. The summed E-state index contributed by atoms with van der Waals surface area (Å²) in [6, 6.07) is 13.3. The van der Waals surface area contributed by atoms with Gasteiger partial charge in [-0.15, -0.1) is 0 Å². The molecule has 3 nitrogen and oxygen atoms in total. The summed E-state index contributed by atoms with van der Waals surface area (Å²) in [5.41, 5.74) is 3.88. The normalized spacial score (nSPS) is 14.2. The highest BCUT2D eigenvalue weighted by Crippen LogP contribution is 2.35. The molecule has 1 aromatic carbocycles. The Hall–Kier alpha value is -1.18. The van der Waals surface area contributed by atoms with Crippen molar-refractivity contribution in [2.24, 2.45) is 0 Å². The van der Waals surface area contributed by atoms with E-state index < -0.39 is 16.4 Å². The second-order valence-corrected chi connectivity index (χ2v) is 17.6. The van der Waals surface area contributed by atoms with Crippen LogP contribution in [0.1, 0.15) is 39.4 Å². The molecule has 0 spiro atoms. The average molecular weight is 393 g/mol. The van der Waals surface area contributed by atoms with Crippen LogP contribution in [0, 0.1) is 0 Å². The van der Waals surface area contributed by atoms with Gasteiger partial charge in [0.05, 0.1) is 20.3 Å². The van der Waals surface area contributed by atoms with E-state index in [0.717, 1.165) is 23.7 Å². The molecule has 0 radical (unpaired) electrons. The van der Waals surface area contributed by atoms with E-state index in [4.69, 9.17) is 9.16 Å². The third kappa shape index (κ3) is 6.52. The molecule has 0 saturated heterocycles. The minimum absolute atomic E-state index is 0.241. The number of ether oxygens (including phenoxy) is 1. The molecule has 0 aliphatic heterocycles. The van der Waals surface area contributed by atoms with Crippen LogP contribution in [0.15, 0.2) is 41.6 Å². The summed E-state index contributed by atoms with van der Waals surface area (Å²) >= 11 is 0. The summed E-state index contributed by atoms with van der Waals surface area (Å²) < 4.78 is 12.3. The first-order valence-electron chi connectivity index (χ1n) is 9.84. The molecule has 1 unspecified atom stereocenters. The van der Waals surface area contributed by atoms with Crippen molar-refractivity contribution in [3.05, 3.63) is 47.2 Å². The molecule has 146 valence electrons. The predicted molar refractivity (Wildman–Crippen MR) is 116 cm³/mol. The lowest BCUT2D eigenvalue weighted by Crippen LogP contribution is -2.39. The maximum absolute atomic E-state index is 12.9. The lowest BCUT2D eigenvalue weighted by Gasteiger charge is -2.34. The molecule has 0 amide bonds. The molecule has 0 saturated carbocycles. The molecule has 0 N–H and O–H groups in total. The van der Waals surface area contributed by atoms with E-state index in [1.54, 1.807) is 0 Å². The van der Waals surface area contributed by atoms with Gasteiger partial charge in [-0.05, 0) is 30.6 Å². The van der Waals surface area contributed by atoms with E-state index in [2.05, 4.69) is 58.2 Å². The zero-order valence-electron chi connectivity index (χ0n) is 17.6. The fourth-order valence-electron chi connectivity index (χ4n) is 3.11. The van der Waals surface area contributed by atoms with Gasteiger partial charge in [0.1, 0.15) is 6.10 Å². The first-order chi connectivity index (χ1) is 12.2. The third-order valence-electron chi connectivity index (χ3n) is 4.79. The lowest BCUT2D eigenvalue weighted by atomic mass is 10.0. The number of hydrogen-bond acceptors (Lipinski definition) is 3. The van der Waals surface area contributed by atoms with E-state index >= 15 is 0 Å². The Morgan fingerprint density at radius 3 is 1.96 bits per heavy atom. The minimum Gasteiger partial charge on any atom is -0.463 e. The maximum atomic E-state index is 12.9. The van der Waals surface area contributed by atoms with Gasteiger partial charge < -0.3 is 9.16 Å². The Morgan fingerprint density at radius 1 is 1.00 bits per heavy atom. The molecule has 1 atom stereocenters. The highest BCUT2D eigenvalue weighted by atomic mass is 28.4. The Balaban J connectivity index is 3.48. The number of esters is 1. The molecule has 1 rings (SSSR count). The van der Waals surface area contributed by atoms with Crippen molar-refractivity contribution in [1.82, 2.24) is 0 Å². The Morgan fingerprint density at radius 2 is 1.54 bits per heavy atom. The smallest absolute Gasteiger partial charge is 0.336 e. The predicted octanol–water partition coefficient (Wildman–Crippen LogP) is 6.12. The van der Waals surface area contributed by atoms with Crippen molar-refractivity contribution in [1.29, 1.82) is 0 Å². The Bertz CT molecular complexity index is 579. The molecule has 1 aromatic rings. The fraction of sp³-hybridized carbons (Fsp3) is 0.571. The largest absolute Gasteiger partial charge is 0.463 e. The zero-order valence-corrected chi connectivity index (χ0v) is 19.6. The quantitative estimate of drug-likeness (QED) is 0.273. The van der Waals surface area contributed by atoms with Gasteiger partial charge in [-0.1, -0.05) is 76.4 Å². The van der Waals surface area contributed by atoms with Gasteiger partial charge in [-0.2, -0.15) is 0 Å². The van der Waals surface area contributed by atoms with Gasteiger partial charge in [0.15, 0.2) is 8.32 Å². The van der Waals surface area contributed by atoms with Gasteiger partial charge in [-0.25, -0.2) is 4.79 Å². The number of rotatable bonds is 10. The molecule has 0 aromatic heterocycles. The Labute approximate surface area is 161 Å². The van der Waals surface area contributed by atoms with Crippen LogP contribution in [0.3, 0.4) is 0 Å². The summed E-state index contributed by atoms with van der Waals surface area (Å²) in [4.78, 5) is 12.9. The van der Waals surface area contributed by atoms with Crippen LogP contribution in [0.25, 0.3) is 0 Å². The third-order valence-corrected chi connectivity index (χ3v) is 10.6. The minimum atomic E-state index is -1.90. The van der Waals surface area contributed by atoms with Crippen molar-refractivity contribution in [3.8, 4) is 0 Å². The number of benzene rings is 1. The van der Waals surface area contributed by atoms with Gasteiger partial charge in [0, 0.05) is 0 Å². The molecule has 0 aliphatic carbocycles. The number of hydrogen-bond donors (Lipinski definition) is 0. The summed E-state index contributed by atoms with van der Waals surface area (Å²) in [6.45, 7) is 15.6. The van der Waals surface area contributed by atoms with Crippen LogP contribution in [-0.2, 0) is 14.0 Å². The van der Waals surface area contributed by atoms with Crippen LogP contribution in [0.2, 0.25) is 37.8 Å². The monoisotopic (exact) mass is 392 g/mol. The van der Waals surface area contributed by atoms with Crippen LogP contribution in [0.4, 0.5) is 0 Å².